The van der Waals surface area contributed by atoms with Gasteiger partial charge in [-0.25, -0.2) is 12.7 Å². The molecule has 5 nitrogen and oxygen atoms in total. The molecule has 0 aromatic heterocycles. The van der Waals surface area contributed by atoms with Crippen molar-refractivity contribution in [1.82, 2.24) is 4.31 Å². The van der Waals surface area contributed by atoms with Crippen molar-refractivity contribution in [3.05, 3.63) is 35.4 Å². The van der Waals surface area contributed by atoms with Crippen LogP contribution in [0.5, 0.6) is 0 Å². The molecule has 3 N–H and O–H groups in total. The standard InChI is InChI=1S/C14H22N2O3S2/c1-16(9-3-2-4-10-17)21(18,19)11-12-5-7-13(8-6-12)14(15)20/h5-8,17H,2-4,9-11H2,1H3,(H2,15,20). The van der Waals surface area contributed by atoms with Gasteiger partial charge in [-0.1, -0.05) is 36.5 Å². The van der Waals surface area contributed by atoms with Crippen molar-refractivity contribution in [2.24, 2.45) is 5.73 Å². The van der Waals surface area contributed by atoms with Gasteiger partial charge in [0.05, 0.1) is 5.75 Å². The first kappa shape index (κ1) is 18.0. The van der Waals surface area contributed by atoms with Crippen LogP contribution in [-0.4, -0.2) is 43.0 Å². The highest BCUT2D eigenvalue weighted by Gasteiger charge is 2.18. The van der Waals surface area contributed by atoms with Crippen LogP contribution in [0.15, 0.2) is 24.3 Å². The first-order valence-electron chi connectivity index (χ1n) is 6.80. The second-order valence-corrected chi connectivity index (χ2v) is 7.44. The molecule has 0 unspecified atom stereocenters. The lowest BCUT2D eigenvalue weighted by Gasteiger charge is -2.17. The van der Waals surface area contributed by atoms with Crippen LogP contribution in [0.4, 0.5) is 0 Å². The van der Waals surface area contributed by atoms with Crippen LogP contribution in [-0.2, 0) is 15.8 Å². The summed E-state index contributed by atoms with van der Waals surface area (Å²) in [6, 6.07) is 6.92. The van der Waals surface area contributed by atoms with E-state index in [1.54, 1.807) is 31.3 Å². The number of benzene rings is 1. The van der Waals surface area contributed by atoms with E-state index in [-0.39, 0.29) is 12.4 Å². The zero-order chi connectivity index (χ0) is 15.9. The molecule has 0 bridgehead atoms. The minimum atomic E-state index is -3.33. The van der Waals surface area contributed by atoms with Crippen molar-refractivity contribution >= 4 is 27.2 Å². The van der Waals surface area contributed by atoms with Crippen LogP contribution >= 0.6 is 12.2 Å². The van der Waals surface area contributed by atoms with Crippen molar-refractivity contribution < 1.29 is 13.5 Å². The summed E-state index contributed by atoms with van der Waals surface area (Å²) >= 11 is 4.86. The summed E-state index contributed by atoms with van der Waals surface area (Å²) in [6.45, 7) is 0.610. The minimum Gasteiger partial charge on any atom is -0.396 e. The fraction of sp³-hybridized carbons (Fsp3) is 0.500. The van der Waals surface area contributed by atoms with Crippen molar-refractivity contribution in [1.29, 1.82) is 0 Å². The molecular weight excluding hydrogens is 308 g/mol. The summed E-state index contributed by atoms with van der Waals surface area (Å²) in [4.78, 5) is 0.297. The van der Waals surface area contributed by atoms with Crippen molar-refractivity contribution in [3.63, 3.8) is 0 Å². The molecule has 0 aliphatic heterocycles. The Labute approximate surface area is 131 Å². The number of nitrogens with two attached hydrogens (primary N) is 1. The van der Waals surface area contributed by atoms with Gasteiger partial charge in [-0.2, -0.15) is 0 Å². The minimum absolute atomic E-state index is 0.0406. The summed E-state index contributed by atoms with van der Waals surface area (Å²) in [7, 11) is -1.75. The number of hydrogen-bond donors (Lipinski definition) is 2. The molecule has 7 heteroatoms. The Hall–Kier alpha value is -1.02. The molecule has 1 rings (SSSR count). The van der Waals surface area contributed by atoms with E-state index < -0.39 is 10.0 Å². The number of sulfonamides is 1. The normalized spacial score (nSPS) is 11.8. The molecule has 118 valence electrons. The largest absolute Gasteiger partial charge is 0.396 e. The molecule has 0 heterocycles. The quantitative estimate of drug-likeness (QED) is 0.526. The first-order valence-corrected chi connectivity index (χ1v) is 8.82. The highest BCUT2D eigenvalue weighted by Crippen LogP contribution is 2.12. The number of aliphatic hydroxyl groups excluding tert-OH is 1. The predicted octanol–water partition coefficient (Wildman–Crippen LogP) is 1.24. The molecule has 1 aromatic rings. The predicted molar refractivity (Wildman–Crippen MR) is 88.5 cm³/mol. The summed E-state index contributed by atoms with van der Waals surface area (Å²) in [5.74, 6) is -0.0406. The third-order valence-corrected chi connectivity index (χ3v) is 5.26. The molecule has 0 saturated heterocycles. The van der Waals surface area contributed by atoms with Gasteiger partial charge in [-0.15, -0.1) is 0 Å². The number of unbranched alkanes of at least 4 members (excludes halogenated alkanes) is 2. The number of aliphatic hydroxyl groups is 1. The molecule has 0 aliphatic rings. The molecule has 0 radical (unpaired) electrons. The maximum atomic E-state index is 12.2. The number of hydrogen-bond acceptors (Lipinski definition) is 4. The lowest BCUT2D eigenvalue weighted by Crippen LogP contribution is -2.29. The number of thiocarbonyl (C=S) groups is 1. The first-order chi connectivity index (χ1) is 9.86. The van der Waals surface area contributed by atoms with Crippen LogP contribution in [0, 0.1) is 0 Å². The van der Waals surface area contributed by atoms with Crippen LogP contribution in [0.2, 0.25) is 0 Å². The van der Waals surface area contributed by atoms with E-state index in [9.17, 15) is 8.42 Å². The third-order valence-electron chi connectivity index (χ3n) is 3.19. The molecule has 0 fully saturated rings. The molecule has 1 aromatic carbocycles. The molecule has 0 atom stereocenters. The van der Waals surface area contributed by atoms with E-state index in [0.29, 0.717) is 23.5 Å². The second kappa shape index (κ2) is 8.43. The molecule has 21 heavy (non-hydrogen) atoms. The van der Waals surface area contributed by atoms with E-state index in [1.165, 1.54) is 4.31 Å². The lowest BCUT2D eigenvalue weighted by molar-refractivity contribution is 0.281. The molecule has 0 spiro atoms. The van der Waals surface area contributed by atoms with Crippen molar-refractivity contribution in [3.8, 4) is 0 Å². The average molecular weight is 330 g/mol. The Balaban J connectivity index is 2.60. The second-order valence-electron chi connectivity index (χ2n) is 4.92. The van der Waals surface area contributed by atoms with Gasteiger partial charge in [0.2, 0.25) is 10.0 Å². The third kappa shape index (κ3) is 6.09. The Morgan fingerprint density at radius 1 is 1.24 bits per heavy atom. The van der Waals surface area contributed by atoms with Gasteiger partial charge in [0.25, 0.3) is 0 Å². The summed E-state index contributed by atoms with van der Waals surface area (Å²) in [6.07, 6.45) is 2.27. The zero-order valence-electron chi connectivity index (χ0n) is 12.2. The Morgan fingerprint density at radius 2 is 1.86 bits per heavy atom. The monoisotopic (exact) mass is 330 g/mol. The summed E-state index contributed by atoms with van der Waals surface area (Å²) < 4.78 is 25.8. The van der Waals surface area contributed by atoms with E-state index in [2.05, 4.69) is 0 Å². The molecule has 0 saturated carbocycles. The van der Waals surface area contributed by atoms with Crippen molar-refractivity contribution in [2.45, 2.75) is 25.0 Å². The van der Waals surface area contributed by atoms with Crippen LogP contribution in [0.3, 0.4) is 0 Å². The summed E-state index contributed by atoms with van der Waals surface area (Å²) in [5.41, 5.74) is 6.94. The molecule has 0 amide bonds. The Bertz CT molecular complexity index is 556. The average Bonchev–Trinajstić information content (AvgIpc) is 2.43. The Morgan fingerprint density at radius 3 is 2.38 bits per heavy atom. The van der Waals surface area contributed by atoms with Gasteiger partial charge in [0.15, 0.2) is 0 Å². The van der Waals surface area contributed by atoms with E-state index >= 15 is 0 Å². The van der Waals surface area contributed by atoms with Gasteiger partial charge in [0, 0.05) is 25.8 Å². The number of rotatable bonds is 9. The van der Waals surface area contributed by atoms with Crippen molar-refractivity contribution in [2.75, 3.05) is 20.2 Å². The SMILES string of the molecule is CN(CCCCCO)S(=O)(=O)Cc1ccc(C(N)=S)cc1. The summed E-state index contributed by atoms with van der Waals surface area (Å²) in [5, 5.41) is 8.70. The number of nitrogens with zero attached hydrogens (tertiary/aromatic N) is 1. The lowest BCUT2D eigenvalue weighted by atomic mass is 10.1. The fourth-order valence-corrected chi connectivity index (χ4v) is 3.23. The fourth-order valence-electron chi connectivity index (χ4n) is 1.85. The highest BCUT2D eigenvalue weighted by molar-refractivity contribution is 7.88. The maximum Gasteiger partial charge on any atom is 0.218 e. The van der Waals surface area contributed by atoms with Crippen LogP contribution in [0.1, 0.15) is 30.4 Å². The van der Waals surface area contributed by atoms with E-state index in [4.69, 9.17) is 23.1 Å². The highest BCUT2D eigenvalue weighted by atomic mass is 32.2. The molecule has 0 aliphatic carbocycles. The zero-order valence-corrected chi connectivity index (χ0v) is 13.8. The van der Waals surface area contributed by atoms with Gasteiger partial charge in [-0.05, 0) is 24.8 Å². The van der Waals surface area contributed by atoms with Gasteiger partial charge in [0.1, 0.15) is 4.99 Å². The Kier molecular flexibility index (Phi) is 7.24. The van der Waals surface area contributed by atoms with E-state index in [1.807, 2.05) is 0 Å². The van der Waals surface area contributed by atoms with Crippen LogP contribution in [0.25, 0.3) is 0 Å². The van der Waals surface area contributed by atoms with E-state index in [0.717, 1.165) is 18.4 Å². The van der Waals surface area contributed by atoms with Gasteiger partial charge in [-0.3, -0.25) is 0 Å². The maximum absolute atomic E-state index is 12.2. The van der Waals surface area contributed by atoms with Gasteiger partial charge < -0.3 is 10.8 Å². The smallest absolute Gasteiger partial charge is 0.218 e. The topological polar surface area (TPSA) is 83.6 Å². The van der Waals surface area contributed by atoms with Gasteiger partial charge >= 0.3 is 0 Å². The molecular formula is C14H22N2O3S2. The van der Waals surface area contributed by atoms with Crippen LogP contribution < -0.4 is 5.73 Å².